The first-order chi connectivity index (χ1) is 8.56. The summed E-state index contributed by atoms with van der Waals surface area (Å²) in [6.07, 6.45) is 0. The largest absolute Gasteiger partial charge is 0.504 e. The van der Waals surface area contributed by atoms with Gasteiger partial charge in [0.05, 0.1) is 5.56 Å². The van der Waals surface area contributed by atoms with Crippen molar-refractivity contribution in [3.8, 4) is 17.2 Å². The number of rotatable bonds is 2. The maximum absolute atomic E-state index is 11.7. The van der Waals surface area contributed by atoms with Gasteiger partial charge >= 0.3 is 5.97 Å². The Balaban J connectivity index is 2.18. The predicted molar refractivity (Wildman–Crippen MR) is 66.2 cm³/mol. The van der Waals surface area contributed by atoms with E-state index in [4.69, 9.17) is 21.4 Å². The molecule has 0 aromatic heterocycles. The van der Waals surface area contributed by atoms with Crippen LogP contribution in [-0.2, 0) is 0 Å². The summed E-state index contributed by atoms with van der Waals surface area (Å²) in [6.45, 7) is 0. The third-order valence-electron chi connectivity index (χ3n) is 2.22. The Bertz CT molecular complexity index is 595. The van der Waals surface area contributed by atoms with Gasteiger partial charge in [0, 0.05) is 11.1 Å². The highest BCUT2D eigenvalue weighted by Crippen LogP contribution is 2.29. The molecule has 2 aromatic rings. The summed E-state index contributed by atoms with van der Waals surface area (Å²) in [5, 5.41) is 18.8. The quantitative estimate of drug-likeness (QED) is 0.497. The van der Waals surface area contributed by atoms with Crippen LogP contribution < -0.4 is 4.74 Å². The van der Waals surface area contributed by atoms with Crippen LogP contribution in [0, 0.1) is 0 Å². The van der Waals surface area contributed by atoms with Gasteiger partial charge in [-0.25, -0.2) is 4.79 Å². The Kier molecular flexibility index (Phi) is 3.39. The number of phenolic OH excluding ortho intramolecular Hbond substituents is 2. The SMILES string of the molecule is O=C(Oc1ccc(O)c(O)c1)c1cccc(Cl)c1. The second-order valence-corrected chi connectivity index (χ2v) is 3.99. The monoisotopic (exact) mass is 264 g/mol. The van der Waals surface area contributed by atoms with E-state index in [1.807, 2.05) is 0 Å². The Labute approximate surface area is 108 Å². The lowest BCUT2D eigenvalue weighted by atomic mass is 10.2. The number of hydrogen-bond donors (Lipinski definition) is 2. The molecule has 0 heterocycles. The van der Waals surface area contributed by atoms with E-state index in [1.54, 1.807) is 18.2 Å². The Morgan fingerprint density at radius 3 is 2.50 bits per heavy atom. The molecule has 0 fully saturated rings. The average Bonchev–Trinajstić information content (AvgIpc) is 2.34. The lowest BCUT2D eigenvalue weighted by molar-refractivity contribution is 0.0734. The van der Waals surface area contributed by atoms with Crippen LogP contribution in [0.5, 0.6) is 17.2 Å². The van der Waals surface area contributed by atoms with Gasteiger partial charge in [-0.3, -0.25) is 0 Å². The number of carbonyl (C=O) groups is 1. The van der Waals surface area contributed by atoms with Gasteiger partial charge in [-0.1, -0.05) is 17.7 Å². The highest BCUT2D eigenvalue weighted by atomic mass is 35.5. The van der Waals surface area contributed by atoms with Crippen LogP contribution in [0.25, 0.3) is 0 Å². The van der Waals surface area contributed by atoms with E-state index in [9.17, 15) is 9.90 Å². The van der Waals surface area contributed by atoms with Crippen molar-refractivity contribution in [2.24, 2.45) is 0 Å². The van der Waals surface area contributed by atoms with Gasteiger partial charge < -0.3 is 14.9 Å². The Morgan fingerprint density at radius 2 is 1.83 bits per heavy atom. The zero-order valence-electron chi connectivity index (χ0n) is 9.13. The summed E-state index contributed by atoms with van der Waals surface area (Å²) >= 11 is 5.76. The van der Waals surface area contributed by atoms with E-state index in [-0.39, 0.29) is 17.2 Å². The maximum Gasteiger partial charge on any atom is 0.343 e. The molecule has 0 atom stereocenters. The van der Waals surface area contributed by atoms with E-state index < -0.39 is 5.97 Å². The van der Waals surface area contributed by atoms with Crippen LogP contribution in [0.15, 0.2) is 42.5 Å². The third-order valence-corrected chi connectivity index (χ3v) is 2.45. The molecule has 0 aliphatic carbocycles. The lowest BCUT2D eigenvalue weighted by Gasteiger charge is -2.05. The number of hydrogen-bond acceptors (Lipinski definition) is 4. The molecule has 92 valence electrons. The minimum Gasteiger partial charge on any atom is -0.504 e. The fourth-order valence-corrected chi connectivity index (χ4v) is 1.54. The number of aromatic hydroxyl groups is 2. The standard InChI is InChI=1S/C13H9ClO4/c14-9-3-1-2-8(6-9)13(17)18-10-4-5-11(15)12(16)7-10/h1-7,15-16H. The summed E-state index contributed by atoms with van der Waals surface area (Å²) in [5.74, 6) is -1.10. The van der Waals surface area contributed by atoms with Crippen molar-refractivity contribution < 1.29 is 19.7 Å². The van der Waals surface area contributed by atoms with E-state index in [1.165, 1.54) is 18.2 Å². The minimum atomic E-state index is -0.595. The van der Waals surface area contributed by atoms with Crippen molar-refractivity contribution in [2.45, 2.75) is 0 Å². The molecule has 2 rings (SSSR count). The molecule has 4 nitrogen and oxygen atoms in total. The van der Waals surface area contributed by atoms with Crippen molar-refractivity contribution in [2.75, 3.05) is 0 Å². The van der Waals surface area contributed by atoms with Crippen LogP contribution in [0.4, 0.5) is 0 Å². The summed E-state index contributed by atoms with van der Waals surface area (Å²) in [6, 6.07) is 10.1. The molecule has 0 saturated heterocycles. The van der Waals surface area contributed by atoms with Crippen LogP contribution in [-0.4, -0.2) is 16.2 Å². The Hall–Kier alpha value is -2.20. The van der Waals surface area contributed by atoms with Crippen LogP contribution in [0.3, 0.4) is 0 Å². The number of halogens is 1. The smallest absolute Gasteiger partial charge is 0.343 e. The normalized spacial score (nSPS) is 10.1. The first-order valence-electron chi connectivity index (χ1n) is 5.06. The average molecular weight is 265 g/mol. The molecule has 18 heavy (non-hydrogen) atoms. The zero-order chi connectivity index (χ0) is 13.1. The summed E-state index contributed by atoms with van der Waals surface area (Å²) in [4.78, 5) is 11.7. The van der Waals surface area contributed by atoms with Gasteiger partial charge in [-0.15, -0.1) is 0 Å². The van der Waals surface area contributed by atoms with Gasteiger partial charge in [-0.2, -0.15) is 0 Å². The molecule has 5 heteroatoms. The van der Waals surface area contributed by atoms with Gasteiger partial charge in [0.2, 0.25) is 0 Å². The van der Waals surface area contributed by atoms with E-state index in [0.29, 0.717) is 10.6 Å². The second-order valence-electron chi connectivity index (χ2n) is 3.55. The fourth-order valence-electron chi connectivity index (χ4n) is 1.35. The van der Waals surface area contributed by atoms with Gasteiger partial charge in [0.15, 0.2) is 11.5 Å². The van der Waals surface area contributed by atoms with Crippen LogP contribution in [0.2, 0.25) is 5.02 Å². The molecule has 2 N–H and O–H groups in total. The van der Waals surface area contributed by atoms with Gasteiger partial charge in [0.1, 0.15) is 5.75 Å². The van der Waals surface area contributed by atoms with E-state index in [0.717, 1.165) is 6.07 Å². The van der Waals surface area contributed by atoms with Crippen LogP contribution in [0.1, 0.15) is 10.4 Å². The van der Waals surface area contributed by atoms with Crippen molar-refractivity contribution in [3.05, 3.63) is 53.1 Å². The maximum atomic E-state index is 11.7. The molecule has 2 aromatic carbocycles. The lowest BCUT2D eigenvalue weighted by Crippen LogP contribution is -2.08. The molecular formula is C13H9ClO4. The molecule has 0 radical (unpaired) electrons. The third kappa shape index (κ3) is 2.73. The number of benzene rings is 2. The molecule has 0 unspecified atom stereocenters. The number of ether oxygens (including phenoxy) is 1. The van der Waals surface area contributed by atoms with Crippen molar-refractivity contribution in [1.82, 2.24) is 0 Å². The molecule has 0 bridgehead atoms. The Morgan fingerprint density at radius 1 is 1.06 bits per heavy atom. The molecule has 0 amide bonds. The summed E-state index contributed by atoms with van der Waals surface area (Å²) in [7, 11) is 0. The fraction of sp³-hybridized carbons (Fsp3) is 0. The zero-order valence-corrected chi connectivity index (χ0v) is 9.89. The minimum absolute atomic E-state index is 0.135. The first-order valence-corrected chi connectivity index (χ1v) is 5.44. The first kappa shape index (κ1) is 12.3. The molecular weight excluding hydrogens is 256 g/mol. The summed E-state index contributed by atoms with van der Waals surface area (Å²) in [5.41, 5.74) is 0.301. The highest BCUT2D eigenvalue weighted by molar-refractivity contribution is 6.30. The highest BCUT2D eigenvalue weighted by Gasteiger charge is 2.10. The molecule has 0 aliphatic rings. The van der Waals surface area contributed by atoms with E-state index in [2.05, 4.69) is 0 Å². The number of carbonyl (C=O) groups excluding carboxylic acids is 1. The van der Waals surface area contributed by atoms with Crippen molar-refractivity contribution in [1.29, 1.82) is 0 Å². The van der Waals surface area contributed by atoms with Crippen LogP contribution >= 0.6 is 11.6 Å². The van der Waals surface area contributed by atoms with E-state index >= 15 is 0 Å². The molecule has 0 saturated carbocycles. The number of phenols is 2. The van der Waals surface area contributed by atoms with Crippen molar-refractivity contribution >= 4 is 17.6 Å². The van der Waals surface area contributed by atoms with Gasteiger partial charge in [0.25, 0.3) is 0 Å². The molecule has 0 spiro atoms. The number of esters is 1. The topological polar surface area (TPSA) is 66.8 Å². The predicted octanol–water partition coefficient (Wildman–Crippen LogP) is 2.97. The second kappa shape index (κ2) is 4.98. The van der Waals surface area contributed by atoms with Gasteiger partial charge in [-0.05, 0) is 30.3 Å². The summed E-state index contributed by atoms with van der Waals surface area (Å²) < 4.78 is 5.02. The molecule has 0 aliphatic heterocycles. The van der Waals surface area contributed by atoms with Crippen molar-refractivity contribution in [3.63, 3.8) is 0 Å².